The molecule has 8 heteroatoms. The third kappa shape index (κ3) is 3.75. The zero-order valence-electron chi connectivity index (χ0n) is 14.9. The summed E-state index contributed by atoms with van der Waals surface area (Å²) in [5, 5.41) is 19.1. The average Bonchev–Trinajstić information content (AvgIpc) is 3.39. The monoisotopic (exact) mass is 389 g/mol. The van der Waals surface area contributed by atoms with Crippen LogP contribution in [0.25, 0.3) is 11.4 Å². The molecule has 0 N–H and O–H groups in total. The van der Waals surface area contributed by atoms with Gasteiger partial charge in [0.15, 0.2) is 11.0 Å². The minimum Gasteiger partial charge on any atom is -0.497 e. The van der Waals surface area contributed by atoms with Crippen molar-refractivity contribution < 1.29 is 9.15 Å². The van der Waals surface area contributed by atoms with Crippen LogP contribution in [-0.4, -0.2) is 26.9 Å². The molecule has 4 aromatic rings. The highest BCUT2D eigenvalue weighted by atomic mass is 32.2. The van der Waals surface area contributed by atoms with E-state index < -0.39 is 0 Å². The fourth-order valence-electron chi connectivity index (χ4n) is 2.64. The van der Waals surface area contributed by atoms with Gasteiger partial charge in [-0.1, -0.05) is 12.1 Å². The summed E-state index contributed by atoms with van der Waals surface area (Å²) < 4.78 is 12.8. The number of pyridine rings is 1. The zero-order valence-corrected chi connectivity index (χ0v) is 15.8. The fourth-order valence-corrected chi connectivity index (χ4v) is 3.41. The second-order valence-corrected chi connectivity index (χ2v) is 6.79. The molecule has 3 aromatic heterocycles. The second kappa shape index (κ2) is 7.98. The van der Waals surface area contributed by atoms with Gasteiger partial charge in [0, 0.05) is 11.8 Å². The van der Waals surface area contributed by atoms with Gasteiger partial charge in [-0.15, -0.1) is 10.2 Å². The number of hydrogen-bond donors (Lipinski definition) is 0. The van der Waals surface area contributed by atoms with Gasteiger partial charge in [0.2, 0.25) is 0 Å². The zero-order chi connectivity index (χ0) is 19.3. The number of rotatable bonds is 6. The molecule has 28 heavy (non-hydrogen) atoms. The van der Waals surface area contributed by atoms with Crippen molar-refractivity contribution in [3.63, 3.8) is 0 Å². The van der Waals surface area contributed by atoms with Crippen LogP contribution in [0.5, 0.6) is 5.75 Å². The van der Waals surface area contributed by atoms with Crippen LogP contribution in [0.3, 0.4) is 0 Å². The molecule has 4 rings (SSSR count). The lowest BCUT2D eigenvalue weighted by atomic mass is 10.2. The Bertz CT molecular complexity index is 1110. The fraction of sp³-hybridized carbons (Fsp3) is 0.100. The number of hydrogen-bond acceptors (Lipinski definition) is 7. The Balaban J connectivity index is 1.73. The molecule has 0 spiro atoms. The van der Waals surface area contributed by atoms with Crippen molar-refractivity contribution in [3.05, 3.63) is 72.3 Å². The Morgan fingerprint density at radius 1 is 1.18 bits per heavy atom. The minimum absolute atomic E-state index is 0.477. The maximum atomic E-state index is 8.93. The van der Waals surface area contributed by atoms with Crippen molar-refractivity contribution in [1.29, 1.82) is 5.26 Å². The van der Waals surface area contributed by atoms with Gasteiger partial charge >= 0.3 is 0 Å². The molecular formula is C20H15N5O2S. The molecule has 0 unspecified atom stereocenters. The number of benzene rings is 1. The number of furan rings is 1. The molecule has 0 radical (unpaired) electrons. The second-order valence-electron chi connectivity index (χ2n) is 5.80. The third-order valence-electron chi connectivity index (χ3n) is 4.00. The van der Waals surface area contributed by atoms with E-state index in [0.717, 1.165) is 22.1 Å². The number of nitrogens with zero attached hydrogens (tertiary/aromatic N) is 5. The molecule has 138 valence electrons. The summed E-state index contributed by atoms with van der Waals surface area (Å²) in [5.74, 6) is 2.23. The van der Waals surface area contributed by atoms with Gasteiger partial charge in [-0.25, -0.2) is 4.98 Å². The number of aromatic nitrogens is 4. The normalized spacial score (nSPS) is 10.6. The van der Waals surface area contributed by atoms with Gasteiger partial charge in [-0.3, -0.25) is 4.57 Å². The van der Waals surface area contributed by atoms with Crippen molar-refractivity contribution >= 4 is 11.8 Å². The number of nitriles is 1. The lowest BCUT2D eigenvalue weighted by Gasteiger charge is -2.09. The molecule has 0 bridgehead atoms. The maximum Gasteiger partial charge on any atom is 0.198 e. The van der Waals surface area contributed by atoms with Gasteiger partial charge in [0.25, 0.3) is 0 Å². The molecule has 7 nitrogen and oxygen atoms in total. The van der Waals surface area contributed by atoms with Gasteiger partial charge in [-0.05, 0) is 48.2 Å². The topological polar surface area (TPSA) is 89.8 Å². The van der Waals surface area contributed by atoms with Crippen LogP contribution in [0.15, 0.2) is 75.6 Å². The summed E-state index contributed by atoms with van der Waals surface area (Å²) in [6, 6.07) is 17.0. The summed E-state index contributed by atoms with van der Waals surface area (Å²) in [4.78, 5) is 4.31. The quantitative estimate of drug-likeness (QED) is 0.492. The van der Waals surface area contributed by atoms with Crippen molar-refractivity contribution in [1.82, 2.24) is 19.7 Å². The Morgan fingerprint density at radius 3 is 2.82 bits per heavy atom. The number of ether oxygens (including phenoxy) is 1. The molecule has 0 saturated heterocycles. The van der Waals surface area contributed by atoms with E-state index >= 15 is 0 Å². The first-order valence-electron chi connectivity index (χ1n) is 8.41. The van der Waals surface area contributed by atoms with E-state index in [0.29, 0.717) is 23.1 Å². The van der Waals surface area contributed by atoms with Crippen LogP contribution >= 0.6 is 11.8 Å². The van der Waals surface area contributed by atoms with Crippen molar-refractivity contribution in [2.45, 2.75) is 16.7 Å². The van der Waals surface area contributed by atoms with E-state index in [2.05, 4.69) is 21.3 Å². The van der Waals surface area contributed by atoms with Crippen molar-refractivity contribution in [2.75, 3.05) is 7.11 Å². The highest BCUT2D eigenvalue weighted by Gasteiger charge is 2.17. The molecule has 0 fully saturated rings. The van der Waals surface area contributed by atoms with Crippen LogP contribution in [0.4, 0.5) is 0 Å². The van der Waals surface area contributed by atoms with Gasteiger partial charge < -0.3 is 9.15 Å². The first-order valence-corrected chi connectivity index (χ1v) is 9.22. The SMILES string of the molecule is COc1cccc(-c2nnc(Sc3ccc(C#N)cn3)n2Cc2ccco2)c1. The maximum absolute atomic E-state index is 8.93. The summed E-state index contributed by atoms with van der Waals surface area (Å²) in [6.07, 6.45) is 3.18. The van der Waals surface area contributed by atoms with Crippen LogP contribution in [0.1, 0.15) is 11.3 Å². The Kier molecular flexibility index (Phi) is 5.08. The molecule has 0 amide bonds. The van der Waals surface area contributed by atoms with Gasteiger partial charge in [0.1, 0.15) is 22.6 Å². The summed E-state index contributed by atoms with van der Waals surface area (Å²) in [7, 11) is 1.63. The predicted octanol–water partition coefficient (Wildman–Crippen LogP) is 4.01. The largest absolute Gasteiger partial charge is 0.497 e. The summed E-state index contributed by atoms with van der Waals surface area (Å²) >= 11 is 1.38. The highest BCUT2D eigenvalue weighted by Crippen LogP contribution is 2.30. The van der Waals surface area contributed by atoms with E-state index in [-0.39, 0.29) is 0 Å². The Morgan fingerprint density at radius 2 is 2.11 bits per heavy atom. The molecule has 1 aromatic carbocycles. The molecule has 3 heterocycles. The first-order chi connectivity index (χ1) is 13.8. The molecule has 0 aliphatic carbocycles. The third-order valence-corrected chi connectivity index (χ3v) is 4.94. The van der Waals surface area contributed by atoms with E-state index in [1.165, 1.54) is 11.8 Å². The van der Waals surface area contributed by atoms with Crippen molar-refractivity contribution in [2.24, 2.45) is 0 Å². The van der Waals surface area contributed by atoms with Crippen LogP contribution < -0.4 is 4.74 Å². The van der Waals surface area contributed by atoms with E-state index in [1.54, 1.807) is 31.7 Å². The highest BCUT2D eigenvalue weighted by molar-refractivity contribution is 7.99. The Hall–Kier alpha value is -3.57. The van der Waals surface area contributed by atoms with Gasteiger partial charge in [0.05, 0.1) is 25.5 Å². The van der Waals surface area contributed by atoms with E-state index in [1.807, 2.05) is 41.0 Å². The lowest BCUT2D eigenvalue weighted by Crippen LogP contribution is -2.03. The van der Waals surface area contributed by atoms with Gasteiger partial charge in [-0.2, -0.15) is 5.26 Å². The Labute approximate surface area is 165 Å². The molecular weight excluding hydrogens is 374 g/mol. The minimum atomic E-state index is 0.477. The molecule has 0 aliphatic heterocycles. The molecule has 0 aliphatic rings. The number of methoxy groups -OCH3 is 1. The van der Waals surface area contributed by atoms with Crippen LogP contribution in [0.2, 0.25) is 0 Å². The summed E-state index contributed by atoms with van der Waals surface area (Å²) in [5.41, 5.74) is 1.40. The van der Waals surface area contributed by atoms with Crippen molar-refractivity contribution in [3.8, 4) is 23.2 Å². The predicted molar refractivity (Wildman–Crippen MR) is 103 cm³/mol. The first kappa shape index (κ1) is 17.8. The van der Waals surface area contributed by atoms with E-state index in [9.17, 15) is 0 Å². The van der Waals surface area contributed by atoms with Crippen LogP contribution in [0, 0.1) is 11.3 Å². The van der Waals surface area contributed by atoms with Crippen LogP contribution in [-0.2, 0) is 6.54 Å². The smallest absolute Gasteiger partial charge is 0.198 e. The summed E-state index contributed by atoms with van der Waals surface area (Å²) in [6.45, 7) is 0.477. The molecule has 0 atom stereocenters. The standard InChI is InChI=1S/C20H15N5O2S/c1-26-16-5-2-4-15(10-16)19-23-24-20(25(19)13-17-6-3-9-27-17)28-18-8-7-14(11-21)12-22-18/h2-10,12H,13H2,1H3. The molecule has 0 saturated carbocycles. The van der Waals surface area contributed by atoms with E-state index in [4.69, 9.17) is 14.4 Å². The lowest BCUT2D eigenvalue weighted by molar-refractivity contribution is 0.415. The average molecular weight is 389 g/mol.